The minimum atomic E-state index is -3.45. The van der Waals surface area contributed by atoms with Crippen molar-refractivity contribution in [3.8, 4) is 0 Å². The van der Waals surface area contributed by atoms with Crippen molar-refractivity contribution in [3.05, 3.63) is 436 Å². The smallest absolute Gasteiger partial charge is 0.252 e. The summed E-state index contributed by atoms with van der Waals surface area (Å²) in [4.78, 5) is 15.1. The van der Waals surface area contributed by atoms with Crippen molar-refractivity contribution in [1.82, 2.24) is 0 Å². The van der Waals surface area contributed by atoms with Crippen LogP contribution in [0.4, 0.5) is 102 Å². The van der Waals surface area contributed by atoms with Gasteiger partial charge in [-0.05, 0) is 217 Å². The van der Waals surface area contributed by atoms with Crippen LogP contribution in [0.25, 0.3) is 0 Å². The molecule has 0 spiro atoms. The predicted molar refractivity (Wildman–Crippen MR) is 518 cm³/mol. The number of para-hydroxylation sites is 8. The van der Waals surface area contributed by atoms with E-state index >= 15 is 0 Å². The van der Waals surface area contributed by atoms with Crippen molar-refractivity contribution >= 4 is 204 Å². The first kappa shape index (κ1) is 73.0. The highest BCUT2D eigenvalue weighted by Crippen LogP contribution is 2.49. The lowest BCUT2D eigenvalue weighted by Crippen LogP contribution is -2.75. The predicted octanol–water partition coefficient (Wildman–Crippen LogP) is 20.4. The van der Waals surface area contributed by atoms with E-state index in [1.165, 1.54) is 97.9 Å². The maximum Gasteiger partial charge on any atom is 0.252 e. The molecule has 0 aromatic heterocycles. The maximum atomic E-state index is 2.65. The molecule has 0 fully saturated rings. The van der Waals surface area contributed by atoms with Gasteiger partial charge in [0, 0.05) is 102 Å². The van der Waals surface area contributed by atoms with Gasteiger partial charge in [-0.15, -0.1) is 0 Å². The summed E-state index contributed by atoms with van der Waals surface area (Å²) in [6.45, 7) is 12.4. The van der Waals surface area contributed by atoms with E-state index in [4.69, 9.17) is 0 Å². The largest absolute Gasteiger partial charge is 0.311 e. The summed E-state index contributed by atoms with van der Waals surface area (Å²) < 4.78 is 0. The molecule has 17 aromatic rings. The van der Waals surface area contributed by atoms with E-state index in [0.717, 1.165) is 80.0 Å². The molecule has 6 nitrogen and oxygen atoms in total. The topological polar surface area (TPSA) is 19.4 Å². The van der Waals surface area contributed by atoms with E-state index in [-0.39, 0.29) is 13.4 Å². The molecule has 0 atom stereocenters. The van der Waals surface area contributed by atoms with E-state index in [2.05, 4.69) is 493 Å². The van der Waals surface area contributed by atoms with Gasteiger partial charge in [0.2, 0.25) is 0 Å². The molecule has 0 saturated carbocycles. The maximum absolute atomic E-state index is 3.45. The molecule has 4 heterocycles. The molecule has 119 heavy (non-hydrogen) atoms. The first-order valence-electron chi connectivity index (χ1n) is 41.7. The Hall–Kier alpha value is -13.7. The Morgan fingerprint density at radius 3 is 0.983 bits per heavy atom. The third-order valence-corrected chi connectivity index (χ3v) is 35.2. The number of fused-ring (bicyclic) bond motifs is 8. The van der Waals surface area contributed by atoms with Gasteiger partial charge in [0.25, 0.3) is 13.4 Å². The van der Waals surface area contributed by atoms with Crippen LogP contribution in [0.5, 0.6) is 0 Å². The average molecular weight is 1580 g/mol. The van der Waals surface area contributed by atoms with Crippen LogP contribution in [0.2, 0.25) is 32.7 Å². The third kappa shape index (κ3) is 12.5. The van der Waals surface area contributed by atoms with Crippen LogP contribution in [-0.2, 0) is 6.04 Å². The Labute approximate surface area is 703 Å². The zero-order chi connectivity index (χ0) is 79.9. The van der Waals surface area contributed by atoms with E-state index in [1.807, 2.05) is 0 Å². The molecule has 21 rings (SSSR count). The summed E-state index contributed by atoms with van der Waals surface area (Å²) in [5.74, 6) is 0. The first-order valence-corrected chi connectivity index (χ1v) is 50.5. The fourth-order valence-electron chi connectivity index (χ4n) is 19.8. The standard InChI is InChI=1S/C108H88B2N6Si3/c1-117(2,3)89-66-60-86(61-67-89)114-100-71-68-93(74-98(100)110-95-54-33-34-55-99(95)113(83-44-23-10-24-45-83)101-56-35-57-102(114)107(101)110)118(4,5)77-78-58-64-92(65-59-78)119(90-50-29-13-30-51-90,91-52-31-14-32-53-91)94-75-105-108-106(76-94)116(85-48-27-12-28-49-85)104-73-88(112(81-40-19-8-20-41-81)82-42-21-9-22-43-82)63-70-97(104)109(108)96-69-62-87(72-103(96)115(105)84-46-25-11-26-47-84)111(79-36-15-6-16-37-79)80-38-17-7-18-39-80/h6-76H,77H2,1-5H3. The van der Waals surface area contributed by atoms with Crippen molar-refractivity contribution < 1.29 is 0 Å². The van der Waals surface area contributed by atoms with Crippen LogP contribution in [0.1, 0.15) is 5.56 Å². The molecule has 0 amide bonds. The average Bonchev–Trinajstić information content (AvgIpc) is 0.704. The van der Waals surface area contributed by atoms with E-state index in [1.54, 1.807) is 0 Å². The lowest BCUT2D eigenvalue weighted by Gasteiger charge is -2.46. The lowest BCUT2D eigenvalue weighted by atomic mass is 9.33. The molecule has 17 aromatic carbocycles. The molecule has 0 unspecified atom stereocenters. The second-order valence-corrected chi connectivity index (χ2v) is 47.3. The lowest BCUT2D eigenvalue weighted by molar-refractivity contribution is 1.23. The van der Waals surface area contributed by atoms with Gasteiger partial charge in [-0.2, -0.15) is 0 Å². The van der Waals surface area contributed by atoms with Gasteiger partial charge in [0.05, 0.1) is 16.1 Å². The van der Waals surface area contributed by atoms with E-state index in [9.17, 15) is 0 Å². The Morgan fingerprint density at radius 1 is 0.218 bits per heavy atom. The third-order valence-electron chi connectivity index (χ3n) is 25.2. The summed E-state index contributed by atoms with van der Waals surface area (Å²) in [7, 11) is -7.39. The number of benzene rings is 17. The highest BCUT2D eigenvalue weighted by Gasteiger charge is 2.50. The number of nitrogens with zero attached hydrogens (tertiary/aromatic N) is 6. The summed E-state index contributed by atoms with van der Waals surface area (Å²) in [5.41, 5.74) is 29.6. The van der Waals surface area contributed by atoms with Crippen LogP contribution < -0.4 is 93.3 Å². The summed E-state index contributed by atoms with van der Waals surface area (Å²) in [6, 6.07) is 164. The van der Waals surface area contributed by atoms with Gasteiger partial charge in [-0.1, -0.05) is 322 Å². The van der Waals surface area contributed by atoms with Crippen LogP contribution >= 0.6 is 0 Å². The van der Waals surface area contributed by atoms with Gasteiger partial charge in [0.1, 0.15) is 0 Å². The molecular formula is C108H88B2N6Si3. The number of rotatable bonds is 18. The number of hydrogen-bond donors (Lipinski definition) is 0. The molecule has 568 valence electrons. The van der Waals surface area contributed by atoms with Crippen molar-refractivity contribution in [2.45, 2.75) is 38.8 Å². The number of anilines is 18. The summed E-state index contributed by atoms with van der Waals surface area (Å²) in [5, 5.41) is 8.13. The Kier molecular flexibility index (Phi) is 18.3. The zero-order valence-corrected chi connectivity index (χ0v) is 70.5. The Balaban J connectivity index is 0.761. The zero-order valence-electron chi connectivity index (χ0n) is 67.5. The second-order valence-electron chi connectivity index (χ2n) is 33.7. The summed E-state index contributed by atoms with van der Waals surface area (Å²) >= 11 is 0. The molecule has 4 aliphatic rings. The van der Waals surface area contributed by atoms with Gasteiger partial charge in [0.15, 0.2) is 8.07 Å². The molecule has 0 radical (unpaired) electrons. The second kappa shape index (κ2) is 29.8. The fourth-order valence-corrected chi connectivity index (χ4v) is 28.3. The Bertz CT molecular complexity index is 6290. The molecule has 0 bridgehead atoms. The van der Waals surface area contributed by atoms with Crippen molar-refractivity contribution in [2.75, 3.05) is 29.4 Å². The molecule has 0 aliphatic carbocycles. The molecule has 11 heteroatoms. The normalized spacial score (nSPS) is 13.0. The SMILES string of the molecule is C[Si](C)(C)c1ccc(N2c3ccc([Si](C)(C)Cc4ccc([Si](c5ccccc5)(c5ccccc5)c5cc6c7c(c5)N(c5ccccc5)c5cc(N(c8ccccc8)c8ccccc8)ccc5B7c5ccc(N(c7ccccc7)c7ccccc7)cc5N6c5ccccc5)cc4)cc3B3c4ccccc4N(c4ccccc4)c4cccc2c43)cc1. The molecule has 4 aliphatic heterocycles. The summed E-state index contributed by atoms with van der Waals surface area (Å²) in [6.07, 6.45) is 0. The van der Waals surface area contributed by atoms with Gasteiger partial charge < -0.3 is 29.4 Å². The monoisotopic (exact) mass is 1570 g/mol. The molecule has 0 N–H and O–H groups in total. The molecule has 0 saturated heterocycles. The minimum absolute atomic E-state index is 0.0141. The van der Waals surface area contributed by atoms with Crippen LogP contribution in [-0.4, -0.2) is 37.6 Å². The molecular weight excluding hydrogens is 1490 g/mol. The van der Waals surface area contributed by atoms with Crippen molar-refractivity contribution in [3.63, 3.8) is 0 Å². The fraction of sp³-hybridized carbons (Fsp3) is 0.0556. The van der Waals surface area contributed by atoms with Gasteiger partial charge in [-0.25, -0.2) is 0 Å². The van der Waals surface area contributed by atoms with Gasteiger partial charge >= 0.3 is 0 Å². The first-order chi connectivity index (χ1) is 58.4. The minimum Gasteiger partial charge on any atom is -0.311 e. The quantitative estimate of drug-likeness (QED) is 0.0625. The van der Waals surface area contributed by atoms with Crippen LogP contribution in [0, 0.1) is 0 Å². The highest BCUT2D eigenvalue weighted by atomic mass is 28.3. The Morgan fingerprint density at radius 2 is 0.546 bits per heavy atom. The van der Waals surface area contributed by atoms with E-state index in [0.29, 0.717) is 0 Å². The van der Waals surface area contributed by atoms with E-state index < -0.39 is 24.2 Å². The van der Waals surface area contributed by atoms with Crippen molar-refractivity contribution in [2.24, 2.45) is 0 Å². The number of hydrogen-bond acceptors (Lipinski definition) is 6. The van der Waals surface area contributed by atoms with Gasteiger partial charge in [-0.3, -0.25) is 0 Å². The van der Waals surface area contributed by atoms with Crippen LogP contribution in [0.3, 0.4) is 0 Å². The van der Waals surface area contributed by atoms with Crippen LogP contribution in [0.15, 0.2) is 431 Å². The highest BCUT2D eigenvalue weighted by molar-refractivity contribution is 7.20. The van der Waals surface area contributed by atoms with Crippen molar-refractivity contribution in [1.29, 1.82) is 0 Å².